The van der Waals surface area contributed by atoms with Crippen LogP contribution in [0.3, 0.4) is 0 Å². The van der Waals surface area contributed by atoms with Crippen LogP contribution in [0.5, 0.6) is 17.2 Å². The van der Waals surface area contributed by atoms with Gasteiger partial charge in [0.2, 0.25) is 0 Å². The van der Waals surface area contributed by atoms with Gasteiger partial charge in [-0.3, -0.25) is 9.59 Å². The number of hydrogen-bond acceptors (Lipinski definition) is 7. The number of halogens is 1. The SMILES string of the molecule is CCC(Oc1ccc(Cl)c(C(=O)N2CCC(N3N=C(c4ccc(OC)c(OC)c4)C(C)(C)C3=O)CC2)c1)C(=O)O. The first-order valence-electron chi connectivity index (χ1n) is 13.1. The van der Waals surface area contributed by atoms with E-state index in [1.807, 2.05) is 26.0 Å². The molecule has 2 aliphatic heterocycles. The average Bonchev–Trinajstić information content (AvgIpc) is 3.19. The van der Waals surface area contributed by atoms with Crippen LogP contribution in [0.2, 0.25) is 5.02 Å². The molecule has 2 aliphatic rings. The molecule has 2 heterocycles. The van der Waals surface area contributed by atoms with Crippen molar-refractivity contribution in [3.8, 4) is 17.2 Å². The highest BCUT2D eigenvalue weighted by Crippen LogP contribution is 2.38. The van der Waals surface area contributed by atoms with Gasteiger partial charge in [-0.1, -0.05) is 18.5 Å². The van der Waals surface area contributed by atoms with Gasteiger partial charge in [-0.15, -0.1) is 0 Å². The number of rotatable bonds is 9. The van der Waals surface area contributed by atoms with Gasteiger partial charge in [-0.05, 0) is 69.5 Å². The lowest BCUT2D eigenvalue weighted by molar-refractivity contribution is -0.145. The highest BCUT2D eigenvalue weighted by atomic mass is 35.5. The largest absolute Gasteiger partial charge is 0.493 e. The quantitative estimate of drug-likeness (QED) is 0.471. The van der Waals surface area contributed by atoms with Crippen molar-refractivity contribution in [1.29, 1.82) is 0 Å². The van der Waals surface area contributed by atoms with Crippen LogP contribution in [-0.4, -0.2) is 78.0 Å². The summed E-state index contributed by atoms with van der Waals surface area (Å²) in [5.74, 6) is -0.0498. The number of piperidine rings is 1. The van der Waals surface area contributed by atoms with Gasteiger partial charge in [0.05, 0.1) is 42.0 Å². The Hall–Kier alpha value is -3.79. The number of aliphatic carboxylic acids is 1. The number of ether oxygens (including phenoxy) is 3. The molecule has 0 saturated carbocycles. The number of methoxy groups -OCH3 is 2. The summed E-state index contributed by atoms with van der Waals surface area (Å²) < 4.78 is 16.3. The van der Waals surface area contributed by atoms with Crippen LogP contribution in [0.1, 0.15) is 56.0 Å². The molecule has 1 N–H and O–H groups in total. The summed E-state index contributed by atoms with van der Waals surface area (Å²) in [7, 11) is 3.13. The molecule has 4 rings (SSSR count). The molecule has 1 unspecified atom stereocenters. The van der Waals surface area contributed by atoms with Gasteiger partial charge in [-0.2, -0.15) is 5.10 Å². The summed E-state index contributed by atoms with van der Waals surface area (Å²) in [6.45, 7) is 6.23. The maximum Gasteiger partial charge on any atom is 0.344 e. The van der Waals surface area contributed by atoms with E-state index in [-0.39, 0.29) is 40.6 Å². The Morgan fingerprint density at radius 1 is 1.10 bits per heavy atom. The van der Waals surface area contributed by atoms with Crippen LogP contribution in [-0.2, 0) is 9.59 Å². The molecule has 0 aromatic heterocycles. The lowest BCUT2D eigenvalue weighted by atomic mass is 9.83. The number of nitrogens with zero attached hydrogens (tertiary/aromatic N) is 3. The van der Waals surface area contributed by atoms with Gasteiger partial charge in [0.15, 0.2) is 17.6 Å². The predicted molar refractivity (Wildman–Crippen MR) is 149 cm³/mol. The second-order valence-electron chi connectivity index (χ2n) is 10.3. The van der Waals surface area contributed by atoms with E-state index in [4.69, 9.17) is 30.9 Å². The van der Waals surface area contributed by atoms with Gasteiger partial charge < -0.3 is 24.2 Å². The third-order valence-corrected chi connectivity index (χ3v) is 7.72. The Morgan fingerprint density at radius 2 is 1.77 bits per heavy atom. The zero-order valence-electron chi connectivity index (χ0n) is 23.3. The fourth-order valence-electron chi connectivity index (χ4n) is 5.01. The molecule has 10 nitrogen and oxygen atoms in total. The van der Waals surface area contributed by atoms with Crippen LogP contribution < -0.4 is 14.2 Å². The van der Waals surface area contributed by atoms with E-state index in [0.717, 1.165) is 5.56 Å². The molecule has 1 atom stereocenters. The normalized spacial score (nSPS) is 17.9. The third kappa shape index (κ3) is 5.58. The highest BCUT2D eigenvalue weighted by molar-refractivity contribution is 6.33. The standard InChI is InChI=1S/C29H34ClN3O7/c1-6-22(27(35)36)40-19-8-9-21(30)20(16-19)26(34)32-13-11-18(12-14-32)33-28(37)29(2,3)25(31-33)17-7-10-23(38-4)24(15-17)39-5/h7-10,15-16,18,22H,6,11-14H2,1-5H3,(H,35,36). The van der Waals surface area contributed by atoms with Gasteiger partial charge in [0.1, 0.15) is 5.75 Å². The summed E-state index contributed by atoms with van der Waals surface area (Å²) in [6, 6.07) is 9.86. The zero-order valence-corrected chi connectivity index (χ0v) is 24.0. The number of hydrazone groups is 1. The minimum absolute atomic E-state index is 0.0983. The summed E-state index contributed by atoms with van der Waals surface area (Å²) in [6.07, 6.45) is 0.338. The Labute approximate surface area is 238 Å². The maximum absolute atomic E-state index is 13.5. The minimum atomic E-state index is -1.08. The fourth-order valence-corrected chi connectivity index (χ4v) is 5.21. The Bertz CT molecular complexity index is 1330. The fraction of sp³-hybridized carbons (Fsp3) is 0.448. The van der Waals surface area contributed by atoms with E-state index < -0.39 is 17.5 Å². The third-order valence-electron chi connectivity index (χ3n) is 7.39. The van der Waals surface area contributed by atoms with Crippen molar-refractivity contribution in [2.45, 2.75) is 52.2 Å². The molecular formula is C29H34ClN3O7. The molecule has 214 valence electrons. The van der Waals surface area contributed by atoms with Crippen molar-refractivity contribution in [3.63, 3.8) is 0 Å². The number of benzene rings is 2. The van der Waals surface area contributed by atoms with Crippen molar-refractivity contribution in [1.82, 2.24) is 9.91 Å². The van der Waals surface area contributed by atoms with Gasteiger partial charge >= 0.3 is 5.97 Å². The first kappa shape index (κ1) is 29.2. The van der Waals surface area contributed by atoms with Crippen molar-refractivity contribution < 1.29 is 33.7 Å². The number of carbonyl (C=O) groups excluding carboxylic acids is 2. The number of carboxylic acids is 1. The van der Waals surface area contributed by atoms with E-state index in [2.05, 4.69) is 0 Å². The molecule has 1 saturated heterocycles. The predicted octanol–water partition coefficient (Wildman–Crippen LogP) is 4.48. The average molecular weight is 572 g/mol. The summed E-state index contributed by atoms with van der Waals surface area (Å²) in [4.78, 5) is 39.8. The number of carbonyl (C=O) groups is 3. The first-order chi connectivity index (χ1) is 19.0. The van der Waals surface area contributed by atoms with Crippen molar-refractivity contribution in [3.05, 3.63) is 52.5 Å². The van der Waals surface area contributed by atoms with Crippen LogP contribution in [0, 0.1) is 5.41 Å². The molecule has 1 fully saturated rings. The highest BCUT2D eigenvalue weighted by Gasteiger charge is 2.47. The lowest BCUT2D eigenvalue weighted by Gasteiger charge is -2.35. The molecule has 40 heavy (non-hydrogen) atoms. The number of likely N-dealkylation sites (tertiary alicyclic amines) is 1. The summed E-state index contributed by atoms with van der Waals surface area (Å²) in [5.41, 5.74) is 0.820. The second kappa shape index (κ2) is 11.8. The molecule has 0 radical (unpaired) electrons. The lowest BCUT2D eigenvalue weighted by Crippen LogP contribution is -2.47. The second-order valence-corrected chi connectivity index (χ2v) is 10.7. The van der Waals surface area contributed by atoms with Crippen LogP contribution in [0.25, 0.3) is 0 Å². The molecule has 0 aliphatic carbocycles. The minimum Gasteiger partial charge on any atom is -0.493 e. The van der Waals surface area contributed by atoms with Crippen LogP contribution >= 0.6 is 11.6 Å². The first-order valence-corrected chi connectivity index (χ1v) is 13.5. The van der Waals surface area contributed by atoms with Gasteiger partial charge in [0, 0.05) is 18.7 Å². The Kier molecular flexibility index (Phi) is 8.58. The molecule has 0 spiro atoms. The van der Waals surface area contributed by atoms with Crippen molar-refractivity contribution in [2.75, 3.05) is 27.3 Å². The molecule has 0 bridgehead atoms. The summed E-state index contributed by atoms with van der Waals surface area (Å²) >= 11 is 6.33. The number of amides is 2. The van der Waals surface area contributed by atoms with Crippen LogP contribution in [0.15, 0.2) is 41.5 Å². The molecule has 2 aromatic rings. The Balaban J connectivity index is 1.48. The molecule has 11 heteroatoms. The van der Waals surface area contributed by atoms with E-state index in [1.165, 1.54) is 12.1 Å². The van der Waals surface area contributed by atoms with Crippen molar-refractivity contribution in [2.24, 2.45) is 10.5 Å². The number of hydrogen-bond donors (Lipinski definition) is 1. The van der Waals surface area contributed by atoms with E-state index in [1.54, 1.807) is 43.2 Å². The molecular weight excluding hydrogens is 538 g/mol. The van der Waals surface area contributed by atoms with E-state index in [0.29, 0.717) is 43.1 Å². The van der Waals surface area contributed by atoms with Gasteiger partial charge in [-0.25, -0.2) is 9.80 Å². The number of carboxylic acid groups (broad SMARTS) is 1. The zero-order chi connectivity index (χ0) is 29.2. The van der Waals surface area contributed by atoms with E-state index in [9.17, 15) is 19.5 Å². The Morgan fingerprint density at radius 3 is 2.38 bits per heavy atom. The van der Waals surface area contributed by atoms with Crippen molar-refractivity contribution >= 4 is 35.1 Å². The molecule has 2 aromatic carbocycles. The molecule has 2 amide bonds. The topological polar surface area (TPSA) is 118 Å². The maximum atomic E-state index is 13.5. The smallest absolute Gasteiger partial charge is 0.344 e. The summed E-state index contributed by atoms with van der Waals surface area (Å²) in [5, 5.41) is 15.9. The van der Waals surface area contributed by atoms with Gasteiger partial charge in [0.25, 0.3) is 11.8 Å². The van der Waals surface area contributed by atoms with Crippen LogP contribution in [0.4, 0.5) is 0 Å². The van der Waals surface area contributed by atoms with E-state index >= 15 is 0 Å². The monoisotopic (exact) mass is 571 g/mol.